The van der Waals surface area contributed by atoms with E-state index >= 15 is 0 Å². The normalized spacial score (nSPS) is 15.4. The lowest BCUT2D eigenvalue weighted by atomic mass is 10.0. The van der Waals surface area contributed by atoms with Gasteiger partial charge in [0.2, 0.25) is 5.91 Å². The number of aliphatic hydroxyl groups is 1. The van der Waals surface area contributed by atoms with Crippen molar-refractivity contribution in [2.75, 3.05) is 5.32 Å². The average molecular weight is 524 g/mol. The van der Waals surface area contributed by atoms with Crippen LogP contribution in [0, 0.1) is 5.82 Å². The highest BCUT2D eigenvalue weighted by Crippen LogP contribution is 2.52. The summed E-state index contributed by atoms with van der Waals surface area (Å²) in [6, 6.07) is 14.3. The number of anilines is 1. The molecule has 0 aliphatic heterocycles. The van der Waals surface area contributed by atoms with Crippen LogP contribution in [0.25, 0.3) is 0 Å². The molecule has 4 rings (SSSR count). The van der Waals surface area contributed by atoms with Crippen molar-refractivity contribution in [3.63, 3.8) is 0 Å². The van der Waals surface area contributed by atoms with Gasteiger partial charge in [-0.15, -0.1) is 0 Å². The first-order valence-corrected chi connectivity index (χ1v) is 11.6. The maximum atomic E-state index is 14.8. The Hall–Kier alpha value is -2.74. The highest BCUT2D eigenvalue weighted by molar-refractivity contribution is 6.35. The fourth-order valence-electron chi connectivity index (χ4n) is 3.75. The zero-order chi connectivity index (χ0) is 25.4. The van der Waals surface area contributed by atoms with Crippen LogP contribution in [0.3, 0.4) is 0 Å². The minimum atomic E-state index is -3.39. The van der Waals surface area contributed by atoms with Gasteiger partial charge < -0.3 is 15.2 Å². The van der Waals surface area contributed by atoms with E-state index in [9.17, 15) is 23.1 Å². The summed E-state index contributed by atoms with van der Waals surface area (Å²) in [5.41, 5.74) is 0.389. The summed E-state index contributed by atoms with van der Waals surface area (Å²) in [6.45, 7) is 1.01. The highest BCUT2D eigenvalue weighted by Gasteiger charge is 2.49. The van der Waals surface area contributed by atoms with E-state index < -0.39 is 29.4 Å². The molecule has 0 bridgehead atoms. The second-order valence-corrected chi connectivity index (χ2v) is 9.43. The first-order chi connectivity index (χ1) is 16.5. The number of hydrogen-bond donors (Lipinski definition) is 2. The van der Waals surface area contributed by atoms with Crippen LogP contribution in [0.15, 0.2) is 60.7 Å². The molecule has 1 aliphatic carbocycles. The lowest BCUT2D eigenvalue weighted by Gasteiger charge is -2.21. The summed E-state index contributed by atoms with van der Waals surface area (Å²) >= 11 is 12.3. The van der Waals surface area contributed by atoms with Gasteiger partial charge in [-0.3, -0.25) is 4.79 Å². The Bertz CT molecular complexity index is 1250. The van der Waals surface area contributed by atoms with Crippen molar-refractivity contribution in [2.24, 2.45) is 0 Å². The van der Waals surface area contributed by atoms with Crippen LogP contribution in [-0.2, 0) is 22.7 Å². The zero-order valence-electron chi connectivity index (χ0n) is 18.6. The van der Waals surface area contributed by atoms with E-state index in [1.807, 2.05) is 0 Å². The van der Waals surface area contributed by atoms with Crippen molar-refractivity contribution in [3.8, 4) is 5.75 Å². The van der Waals surface area contributed by atoms with Gasteiger partial charge in [-0.2, -0.15) is 8.78 Å². The van der Waals surface area contributed by atoms with Gasteiger partial charge >= 0.3 is 0 Å². The minimum absolute atomic E-state index is 0.0288. The second-order valence-electron chi connectivity index (χ2n) is 8.59. The van der Waals surface area contributed by atoms with Gasteiger partial charge in [-0.25, -0.2) is 4.39 Å². The lowest BCUT2D eigenvalue weighted by Crippen LogP contribution is -2.27. The van der Waals surface area contributed by atoms with Crippen molar-refractivity contribution in [1.29, 1.82) is 0 Å². The molecule has 3 aromatic carbocycles. The van der Waals surface area contributed by atoms with Crippen LogP contribution >= 0.6 is 23.2 Å². The molecular formula is C26H22Cl2F3NO3. The number of halogens is 5. The number of nitrogens with one attached hydrogen (secondary N) is 1. The molecular weight excluding hydrogens is 502 g/mol. The molecule has 0 radical (unpaired) electrons. The molecule has 9 heteroatoms. The van der Waals surface area contributed by atoms with Gasteiger partial charge in [0, 0.05) is 32.9 Å². The fraction of sp³-hybridized carbons (Fsp3) is 0.269. The standard InChI is InChI=1S/C26H22Cl2F3NO3/c1-15(33)26(30,31)17-4-2-16(3-5-17)12-24(34)32-19-7-9-23(22(29)14-19)35-25(10-11-25)20-8-6-18(27)13-21(20)28/h2-9,13-15,33H,10-12H2,1H3,(H,32,34). The number of rotatable bonds is 8. The number of carbonyl (C=O) groups excluding carboxylic acids is 1. The Balaban J connectivity index is 1.40. The Morgan fingerprint density at radius 2 is 1.80 bits per heavy atom. The number of alkyl halides is 2. The van der Waals surface area contributed by atoms with Gasteiger partial charge in [0.15, 0.2) is 11.6 Å². The summed E-state index contributed by atoms with van der Waals surface area (Å²) in [6.07, 6.45) is -0.586. The van der Waals surface area contributed by atoms with Gasteiger partial charge in [0.1, 0.15) is 11.7 Å². The van der Waals surface area contributed by atoms with E-state index in [2.05, 4.69) is 5.32 Å². The van der Waals surface area contributed by atoms with E-state index in [1.165, 1.54) is 36.4 Å². The molecule has 0 spiro atoms. The third-order valence-electron chi connectivity index (χ3n) is 5.88. The molecule has 2 N–H and O–H groups in total. The third kappa shape index (κ3) is 5.58. The van der Waals surface area contributed by atoms with Crippen molar-refractivity contribution >= 4 is 34.8 Å². The molecule has 1 amide bonds. The summed E-state index contributed by atoms with van der Waals surface area (Å²) in [5.74, 6) is -4.45. The lowest BCUT2D eigenvalue weighted by molar-refractivity contribution is -0.115. The van der Waals surface area contributed by atoms with Gasteiger partial charge in [0.05, 0.1) is 6.42 Å². The highest BCUT2D eigenvalue weighted by atomic mass is 35.5. The molecule has 35 heavy (non-hydrogen) atoms. The van der Waals surface area contributed by atoms with Crippen LogP contribution in [-0.4, -0.2) is 17.1 Å². The quantitative estimate of drug-likeness (QED) is 0.339. The molecule has 1 unspecified atom stereocenters. The molecule has 4 nitrogen and oxygen atoms in total. The smallest absolute Gasteiger partial charge is 0.298 e. The predicted molar refractivity (Wildman–Crippen MR) is 129 cm³/mol. The first kappa shape index (κ1) is 25.4. The number of amides is 1. The Kier molecular flexibility index (Phi) is 7.04. The number of carbonyl (C=O) groups is 1. The zero-order valence-corrected chi connectivity index (χ0v) is 20.1. The molecule has 0 saturated heterocycles. The Morgan fingerprint density at radius 1 is 1.11 bits per heavy atom. The molecule has 1 aliphatic rings. The van der Waals surface area contributed by atoms with Crippen molar-refractivity contribution in [2.45, 2.75) is 43.8 Å². The minimum Gasteiger partial charge on any atom is -0.479 e. The van der Waals surface area contributed by atoms with Crippen LogP contribution in [0.2, 0.25) is 10.0 Å². The molecule has 0 aromatic heterocycles. The van der Waals surface area contributed by atoms with E-state index in [1.54, 1.807) is 18.2 Å². The monoisotopic (exact) mass is 523 g/mol. The maximum absolute atomic E-state index is 14.8. The SMILES string of the molecule is CC(O)C(F)(F)c1ccc(CC(=O)Nc2ccc(OC3(c4ccc(Cl)cc4Cl)CC3)c(F)c2)cc1. The largest absolute Gasteiger partial charge is 0.479 e. The van der Waals surface area contributed by atoms with Crippen LogP contribution < -0.4 is 10.1 Å². The summed E-state index contributed by atoms with van der Waals surface area (Å²) in [5, 5.41) is 12.8. The summed E-state index contributed by atoms with van der Waals surface area (Å²) < 4.78 is 48.5. The van der Waals surface area contributed by atoms with E-state index in [4.69, 9.17) is 27.9 Å². The Labute approximate surface area is 210 Å². The summed E-state index contributed by atoms with van der Waals surface area (Å²) in [7, 11) is 0. The number of benzene rings is 3. The number of aliphatic hydroxyl groups excluding tert-OH is 1. The van der Waals surface area contributed by atoms with Crippen molar-refractivity contribution in [1.82, 2.24) is 0 Å². The third-order valence-corrected chi connectivity index (χ3v) is 6.42. The van der Waals surface area contributed by atoms with Crippen molar-refractivity contribution in [3.05, 3.63) is 93.2 Å². The predicted octanol–water partition coefficient (Wildman–Crippen LogP) is 6.85. The number of hydrogen-bond acceptors (Lipinski definition) is 3. The Morgan fingerprint density at radius 3 is 2.37 bits per heavy atom. The molecule has 1 saturated carbocycles. The topological polar surface area (TPSA) is 58.6 Å². The van der Waals surface area contributed by atoms with E-state index in [0.717, 1.165) is 18.6 Å². The molecule has 184 valence electrons. The van der Waals surface area contributed by atoms with E-state index in [-0.39, 0.29) is 23.4 Å². The molecule has 1 atom stereocenters. The maximum Gasteiger partial charge on any atom is 0.298 e. The van der Waals surface area contributed by atoms with Gasteiger partial charge in [-0.05, 0) is 49.6 Å². The average Bonchev–Trinajstić information content (AvgIpc) is 3.56. The fourth-order valence-corrected chi connectivity index (χ4v) is 4.33. The second kappa shape index (κ2) is 9.72. The van der Waals surface area contributed by atoms with Gasteiger partial charge in [0.25, 0.3) is 5.92 Å². The van der Waals surface area contributed by atoms with Gasteiger partial charge in [-0.1, -0.05) is 53.5 Å². The molecule has 0 heterocycles. The van der Waals surface area contributed by atoms with Crippen LogP contribution in [0.4, 0.5) is 18.9 Å². The summed E-state index contributed by atoms with van der Waals surface area (Å²) in [4.78, 5) is 12.4. The van der Waals surface area contributed by atoms with E-state index in [0.29, 0.717) is 28.5 Å². The first-order valence-electron chi connectivity index (χ1n) is 10.9. The molecule has 3 aromatic rings. The van der Waals surface area contributed by atoms with Crippen LogP contribution in [0.5, 0.6) is 5.75 Å². The molecule has 1 fully saturated rings. The number of ether oxygens (including phenoxy) is 1. The van der Waals surface area contributed by atoms with Crippen molar-refractivity contribution < 1.29 is 27.8 Å². The van der Waals surface area contributed by atoms with Crippen LogP contribution in [0.1, 0.15) is 36.5 Å².